The fraction of sp³-hybridized carbons (Fsp3) is 0. The van der Waals surface area contributed by atoms with Crippen molar-refractivity contribution in [3.63, 3.8) is 0 Å². The molecule has 0 unspecified atom stereocenters. The first-order chi connectivity index (χ1) is 9.24. The van der Waals surface area contributed by atoms with E-state index in [9.17, 15) is 4.39 Å². The van der Waals surface area contributed by atoms with Gasteiger partial charge in [-0.3, -0.25) is 0 Å². The molecule has 0 spiro atoms. The molecule has 3 rings (SSSR count). The van der Waals surface area contributed by atoms with Crippen LogP contribution in [0.5, 0.6) is 0 Å². The topological polar surface area (TPSA) is 41.6 Å². The Morgan fingerprint density at radius 3 is 2.95 bits per heavy atom. The minimum absolute atomic E-state index is 0.352. The molecule has 0 radical (unpaired) electrons. The smallest absolute Gasteiger partial charge is 0.138 e. The molecule has 0 atom stereocenters. The molecule has 3 aromatic heterocycles. The van der Waals surface area contributed by atoms with Crippen LogP contribution in [0.1, 0.15) is 11.3 Å². The van der Waals surface area contributed by atoms with E-state index in [1.807, 2.05) is 6.07 Å². The standard InChI is InChI=1S/C14H7ClFN3/c15-13-9(8-19-14-12(13)4-6-18-14)1-2-11-7-10(16)3-5-17-11/h3-8H,(H,18,19). The first-order valence-corrected chi connectivity index (χ1v) is 5.87. The number of nitrogens with zero attached hydrogens (tertiary/aromatic N) is 2. The van der Waals surface area contributed by atoms with E-state index in [0.717, 1.165) is 5.39 Å². The van der Waals surface area contributed by atoms with E-state index in [4.69, 9.17) is 11.6 Å². The zero-order chi connectivity index (χ0) is 13.2. The first kappa shape index (κ1) is 11.7. The maximum atomic E-state index is 13.0. The summed E-state index contributed by atoms with van der Waals surface area (Å²) < 4.78 is 13.0. The SMILES string of the molecule is Fc1ccnc(C#Cc2cnc3[nH]ccc3c2Cl)c1. The van der Waals surface area contributed by atoms with E-state index in [-0.39, 0.29) is 5.82 Å². The highest BCUT2D eigenvalue weighted by atomic mass is 35.5. The molecule has 3 heterocycles. The second-order valence-corrected chi connectivity index (χ2v) is 4.21. The summed E-state index contributed by atoms with van der Waals surface area (Å²) in [6, 6.07) is 4.37. The Morgan fingerprint density at radius 1 is 1.21 bits per heavy atom. The number of fused-ring (bicyclic) bond motifs is 1. The Labute approximate surface area is 113 Å². The second-order valence-electron chi connectivity index (χ2n) is 3.84. The average Bonchev–Trinajstić information content (AvgIpc) is 2.87. The van der Waals surface area contributed by atoms with Gasteiger partial charge in [0.2, 0.25) is 0 Å². The highest BCUT2D eigenvalue weighted by Crippen LogP contribution is 2.24. The van der Waals surface area contributed by atoms with Gasteiger partial charge >= 0.3 is 0 Å². The maximum Gasteiger partial charge on any atom is 0.138 e. The lowest BCUT2D eigenvalue weighted by atomic mass is 10.2. The van der Waals surface area contributed by atoms with Gasteiger partial charge in [-0.15, -0.1) is 0 Å². The van der Waals surface area contributed by atoms with Crippen molar-refractivity contribution in [2.45, 2.75) is 0 Å². The molecule has 0 amide bonds. The molecule has 0 saturated carbocycles. The van der Waals surface area contributed by atoms with Gasteiger partial charge in [-0.1, -0.05) is 17.5 Å². The molecule has 1 N–H and O–H groups in total. The van der Waals surface area contributed by atoms with Crippen LogP contribution in [0.2, 0.25) is 5.02 Å². The summed E-state index contributed by atoms with van der Waals surface area (Å²) in [6.45, 7) is 0. The van der Waals surface area contributed by atoms with E-state index in [0.29, 0.717) is 21.9 Å². The summed E-state index contributed by atoms with van der Waals surface area (Å²) in [4.78, 5) is 11.1. The van der Waals surface area contributed by atoms with Crippen LogP contribution in [-0.2, 0) is 0 Å². The number of halogens is 2. The van der Waals surface area contributed by atoms with Gasteiger partial charge in [0, 0.05) is 30.0 Å². The van der Waals surface area contributed by atoms with Crippen LogP contribution < -0.4 is 0 Å². The van der Waals surface area contributed by atoms with Crippen LogP contribution in [-0.4, -0.2) is 15.0 Å². The van der Waals surface area contributed by atoms with Crippen molar-refractivity contribution in [2.24, 2.45) is 0 Å². The molecule has 5 heteroatoms. The zero-order valence-corrected chi connectivity index (χ0v) is 10.4. The zero-order valence-electron chi connectivity index (χ0n) is 9.61. The fourth-order valence-electron chi connectivity index (χ4n) is 1.67. The second kappa shape index (κ2) is 4.71. The van der Waals surface area contributed by atoms with Gasteiger partial charge < -0.3 is 4.98 Å². The number of rotatable bonds is 0. The lowest BCUT2D eigenvalue weighted by Crippen LogP contribution is -1.86. The molecule has 3 aromatic rings. The summed E-state index contributed by atoms with van der Waals surface area (Å²) >= 11 is 6.22. The molecule has 92 valence electrons. The molecule has 0 saturated heterocycles. The van der Waals surface area contributed by atoms with Crippen molar-refractivity contribution >= 4 is 22.6 Å². The predicted molar refractivity (Wildman–Crippen MR) is 71.3 cm³/mol. The molecular formula is C14H7ClFN3. The van der Waals surface area contributed by atoms with Crippen molar-refractivity contribution in [3.8, 4) is 11.8 Å². The predicted octanol–water partition coefficient (Wildman–Crippen LogP) is 3.15. The summed E-state index contributed by atoms with van der Waals surface area (Å²) in [5.41, 5.74) is 1.64. The molecule has 0 aromatic carbocycles. The summed E-state index contributed by atoms with van der Waals surface area (Å²) in [6.07, 6.45) is 4.71. The van der Waals surface area contributed by atoms with E-state index in [2.05, 4.69) is 26.8 Å². The average molecular weight is 272 g/mol. The molecule has 19 heavy (non-hydrogen) atoms. The third kappa shape index (κ3) is 2.28. The summed E-state index contributed by atoms with van der Waals surface area (Å²) in [5, 5.41) is 1.33. The maximum absolute atomic E-state index is 13.0. The Balaban J connectivity index is 2.04. The van der Waals surface area contributed by atoms with Gasteiger partial charge in [-0.2, -0.15) is 0 Å². The number of aromatic amines is 1. The number of H-pyrrole nitrogens is 1. The fourth-order valence-corrected chi connectivity index (χ4v) is 1.92. The molecule has 3 nitrogen and oxygen atoms in total. The number of hydrogen-bond donors (Lipinski definition) is 1. The Morgan fingerprint density at radius 2 is 2.11 bits per heavy atom. The van der Waals surface area contributed by atoms with Crippen LogP contribution >= 0.6 is 11.6 Å². The number of nitrogens with one attached hydrogen (secondary N) is 1. The molecule has 0 aliphatic rings. The highest BCUT2D eigenvalue weighted by molar-refractivity contribution is 6.36. The van der Waals surface area contributed by atoms with Crippen LogP contribution in [0.4, 0.5) is 4.39 Å². The summed E-state index contributed by atoms with van der Waals surface area (Å²) in [7, 11) is 0. The van der Waals surface area contributed by atoms with Crippen molar-refractivity contribution < 1.29 is 4.39 Å². The Hall–Kier alpha value is -2.38. The number of hydrogen-bond acceptors (Lipinski definition) is 2. The molecular weight excluding hydrogens is 265 g/mol. The van der Waals surface area contributed by atoms with E-state index in [1.54, 1.807) is 12.4 Å². The third-order valence-corrected chi connectivity index (χ3v) is 2.98. The van der Waals surface area contributed by atoms with Crippen molar-refractivity contribution in [2.75, 3.05) is 0 Å². The van der Waals surface area contributed by atoms with Gasteiger partial charge in [0.15, 0.2) is 0 Å². The van der Waals surface area contributed by atoms with Crippen LogP contribution in [0.3, 0.4) is 0 Å². The van der Waals surface area contributed by atoms with E-state index < -0.39 is 0 Å². The Kier molecular flexibility index (Phi) is 2.90. The number of aromatic nitrogens is 3. The quantitative estimate of drug-likeness (QED) is 0.638. The van der Waals surface area contributed by atoms with Crippen LogP contribution in [0.25, 0.3) is 11.0 Å². The molecule has 0 aliphatic heterocycles. The Bertz CT molecular complexity index is 814. The van der Waals surface area contributed by atoms with E-state index >= 15 is 0 Å². The normalized spacial score (nSPS) is 10.2. The third-order valence-electron chi connectivity index (χ3n) is 2.57. The van der Waals surface area contributed by atoms with E-state index in [1.165, 1.54) is 18.3 Å². The molecule has 0 fully saturated rings. The van der Waals surface area contributed by atoms with Gasteiger partial charge in [0.05, 0.1) is 10.6 Å². The lowest BCUT2D eigenvalue weighted by Gasteiger charge is -1.96. The minimum atomic E-state index is -0.371. The van der Waals surface area contributed by atoms with Crippen LogP contribution in [0.15, 0.2) is 36.8 Å². The lowest BCUT2D eigenvalue weighted by molar-refractivity contribution is 0.625. The highest BCUT2D eigenvalue weighted by Gasteiger charge is 2.05. The van der Waals surface area contributed by atoms with Gasteiger partial charge in [-0.05, 0) is 18.1 Å². The van der Waals surface area contributed by atoms with Gasteiger partial charge in [0.1, 0.15) is 17.2 Å². The largest absolute Gasteiger partial charge is 0.346 e. The van der Waals surface area contributed by atoms with Crippen molar-refractivity contribution in [1.29, 1.82) is 0 Å². The van der Waals surface area contributed by atoms with Crippen LogP contribution in [0, 0.1) is 17.7 Å². The minimum Gasteiger partial charge on any atom is -0.346 e. The monoisotopic (exact) mass is 271 g/mol. The van der Waals surface area contributed by atoms with Crippen molar-refractivity contribution in [3.05, 3.63) is 58.9 Å². The van der Waals surface area contributed by atoms with Gasteiger partial charge in [0.25, 0.3) is 0 Å². The molecule has 0 aliphatic carbocycles. The first-order valence-electron chi connectivity index (χ1n) is 5.49. The molecule has 0 bridgehead atoms. The summed E-state index contributed by atoms with van der Waals surface area (Å²) in [5.74, 6) is 5.24. The van der Waals surface area contributed by atoms with Crippen molar-refractivity contribution in [1.82, 2.24) is 15.0 Å². The van der Waals surface area contributed by atoms with Gasteiger partial charge in [-0.25, -0.2) is 14.4 Å². The number of pyridine rings is 2.